The number of para-hydroxylation sites is 2. The van der Waals surface area contributed by atoms with E-state index in [0.29, 0.717) is 61.4 Å². The van der Waals surface area contributed by atoms with Gasteiger partial charge in [0, 0.05) is 59.2 Å². The minimum absolute atomic E-state index is 0.201. The van der Waals surface area contributed by atoms with Gasteiger partial charge in [0.05, 0.1) is 17.4 Å². The van der Waals surface area contributed by atoms with Gasteiger partial charge in [0.25, 0.3) is 0 Å². The number of hydrogen-bond acceptors (Lipinski definition) is 8. The molecule has 5 heterocycles. The number of imidazole rings is 2. The van der Waals surface area contributed by atoms with Gasteiger partial charge in [-0.05, 0) is 31.4 Å². The van der Waals surface area contributed by atoms with Gasteiger partial charge >= 0.3 is 0 Å². The number of hydrogen-bond donors (Lipinski definition) is 2. The van der Waals surface area contributed by atoms with E-state index >= 15 is 0 Å². The van der Waals surface area contributed by atoms with E-state index in [0.717, 1.165) is 49.9 Å². The molecule has 12 nitrogen and oxygen atoms in total. The molecular formula is C26H32N10O2. The number of nitrogens with zero attached hydrogens (tertiary/aromatic N) is 8. The summed E-state index contributed by atoms with van der Waals surface area (Å²) in [5.74, 6) is 2.11. The average molecular weight is 517 g/mol. The fourth-order valence-corrected chi connectivity index (χ4v) is 5.23. The monoisotopic (exact) mass is 516 g/mol. The standard InChI is InChI=1S/C26H32N10O2/c1-33-19-8-3-2-7-18(19)29-26(33)32-25-30-23(27-11-6-14-34-12-4-9-20(34)37)22-24(31-25)36(17-28-22)16-15-35-13-5-10-21(35)38/h2-3,7-8,17H,4-6,9-16H2,1H3,(H2,27,29,30,31,32). The topological polar surface area (TPSA) is 126 Å². The third kappa shape index (κ3) is 4.73. The number of nitrogens with one attached hydrogen (secondary N) is 2. The maximum Gasteiger partial charge on any atom is 0.233 e. The van der Waals surface area contributed by atoms with E-state index in [-0.39, 0.29) is 11.8 Å². The first kappa shape index (κ1) is 24.1. The molecule has 0 radical (unpaired) electrons. The predicted molar refractivity (Wildman–Crippen MR) is 144 cm³/mol. The highest BCUT2D eigenvalue weighted by atomic mass is 16.2. The molecule has 0 saturated carbocycles. The van der Waals surface area contributed by atoms with Crippen LogP contribution in [0.1, 0.15) is 32.1 Å². The molecule has 2 N–H and O–H groups in total. The van der Waals surface area contributed by atoms with Gasteiger partial charge in [-0.2, -0.15) is 9.97 Å². The lowest BCUT2D eigenvalue weighted by Crippen LogP contribution is -2.28. The van der Waals surface area contributed by atoms with E-state index in [9.17, 15) is 9.59 Å². The predicted octanol–water partition coefficient (Wildman–Crippen LogP) is 2.50. The summed E-state index contributed by atoms with van der Waals surface area (Å²) in [7, 11) is 1.95. The molecule has 0 spiro atoms. The molecule has 0 unspecified atom stereocenters. The number of carbonyl (C=O) groups excluding carboxylic acids is 2. The van der Waals surface area contributed by atoms with E-state index in [4.69, 9.17) is 15.0 Å². The van der Waals surface area contributed by atoms with Crippen molar-refractivity contribution in [3.05, 3.63) is 30.6 Å². The Morgan fingerprint density at radius 1 is 0.921 bits per heavy atom. The Morgan fingerprint density at radius 3 is 2.42 bits per heavy atom. The summed E-state index contributed by atoms with van der Waals surface area (Å²) in [6.07, 6.45) is 5.69. The molecule has 2 amide bonds. The Hall–Kier alpha value is -4.22. The third-order valence-corrected chi connectivity index (χ3v) is 7.33. The van der Waals surface area contributed by atoms with Crippen molar-refractivity contribution in [3.8, 4) is 0 Å². The molecule has 2 aliphatic rings. The number of likely N-dealkylation sites (tertiary alicyclic amines) is 2. The molecule has 0 atom stereocenters. The number of carbonyl (C=O) groups is 2. The first-order valence-electron chi connectivity index (χ1n) is 13.3. The lowest BCUT2D eigenvalue weighted by Gasteiger charge is -2.16. The van der Waals surface area contributed by atoms with Crippen molar-refractivity contribution in [1.29, 1.82) is 0 Å². The van der Waals surface area contributed by atoms with Crippen LogP contribution in [0.15, 0.2) is 30.6 Å². The molecule has 2 fully saturated rings. The van der Waals surface area contributed by atoms with Crippen LogP contribution in [-0.4, -0.2) is 83.4 Å². The maximum absolute atomic E-state index is 12.1. The number of rotatable bonds is 10. The van der Waals surface area contributed by atoms with Crippen LogP contribution in [-0.2, 0) is 23.2 Å². The summed E-state index contributed by atoms with van der Waals surface area (Å²) in [6.45, 7) is 4.23. The van der Waals surface area contributed by atoms with Crippen molar-refractivity contribution in [2.75, 3.05) is 43.4 Å². The average Bonchev–Trinajstić information content (AvgIpc) is 3.69. The van der Waals surface area contributed by atoms with Gasteiger partial charge in [-0.25, -0.2) is 9.97 Å². The molecule has 0 aliphatic carbocycles. The number of amides is 2. The Morgan fingerprint density at radius 2 is 1.68 bits per heavy atom. The van der Waals surface area contributed by atoms with Gasteiger partial charge in [0.1, 0.15) is 0 Å². The van der Waals surface area contributed by atoms with Crippen LogP contribution in [0, 0.1) is 0 Å². The van der Waals surface area contributed by atoms with Crippen LogP contribution in [0.25, 0.3) is 22.2 Å². The maximum atomic E-state index is 12.1. The second-order valence-corrected chi connectivity index (χ2v) is 9.86. The summed E-state index contributed by atoms with van der Waals surface area (Å²) in [4.78, 5) is 46.7. The fraction of sp³-hybridized carbons (Fsp3) is 0.462. The Balaban J connectivity index is 1.25. The zero-order valence-electron chi connectivity index (χ0n) is 21.6. The molecule has 1 aromatic carbocycles. The van der Waals surface area contributed by atoms with E-state index in [2.05, 4.69) is 15.6 Å². The number of anilines is 3. The Bertz CT molecular complexity index is 1490. The zero-order chi connectivity index (χ0) is 26.1. The summed E-state index contributed by atoms with van der Waals surface area (Å²) in [5, 5.41) is 6.70. The van der Waals surface area contributed by atoms with Crippen LogP contribution in [0.5, 0.6) is 0 Å². The number of fused-ring (bicyclic) bond motifs is 2. The second kappa shape index (κ2) is 10.3. The van der Waals surface area contributed by atoms with Gasteiger partial charge in [-0.3, -0.25) is 14.9 Å². The normalized spacial score (nSPS) is 15.9. The van der Waals surface area contributed by atoms with Crippen LogP contribution < -0.4 is 10.6 Å². The van der Waals surface area contributed by atoms with Crippen LogP contribution in [0.2, 0.25) is 0 Å². The number of benzene rings is 1. The second-order valence-electron chi connectivity index (χ2n) is 9.86. The molecule has 3 aromatic heterocycles. The molecule has 12 heteroatoms. The van der Waals surface area contributed by atoms with E-state index in [1.165, 1.54) is 0 Å². The van der Waals surface area contributed by atoms with Crippen molar-refractivity contribution in [2.24, 2.45) is 7.05 Å². The van der Waals surface area contributed by atoms with Crippen molar-refractivity contribution < 1.29 is 9.59 Å². The minimum Gasteiger partial charge on any atom is -0.368 e. The SMILES string of the molecule is Cn1c(Nc2nc(NCCCN3CCCC3=O)c3ncn(CCN4CCCC4=O)c3n2)nc2ccccc21. The van der Waals surface area contributed by atoms with Gasteiger partial charge < -0.3 is 24.3 Å². The van der Waals surface area contributed by atoms with Crippen LogP contribution in [0.4, 0.5) is 17.7 Å². The van der Waals surface area contributed by atoms with Gasteiger partial charge in [-0.1, -0.05) is 12.1 Å². The van der Waals surface area contributed by atoms with Gasteiger partial charge in [-0.15, -0.1) is 0 Å². The molecule has 4 aromatic rings. The highest BCUT2D eigenvalue weighted by molar-refractivity contribution is 5.85. The quantitative estimate of drug-likeness (QED) is 0.308. The summed E-state index contributed by atoms with van der Waals surface area (Å²) in [6, 6.07) is 7.93. The van der Waals surface area contributed by atoms with Crippen LogP contribution >= 0.6 is 0 Å². The highest BCUT2D eigenvalue weighted by Crippen LogP contribution is 2.25. The lowest BCUT2D eigenvalue weighted by atomic mass is 10.3. The Kier molecular flexibility index (Phi) is 6.52. The van der Waals surface area contributed by atoms with Crippen molar-refractivity contribution in [3.63, 3.8) is 0 Å². The molecule has 2 saturated heterocycles. The Labute approximate surface area is 220 Å². The molecule has 38 heavy (non-hydrogen) atoms. The first-order valence-corrected chi connectivity index (χ1v) is 13.3. The summed E-state index contributed by atoms with van der Waals surface area (Å²) < 4.78 is 3.94. The fourth-order valence-electron chi connectivity index (χ4n) is 5.23. The highest BCUT2D eigenvalue weighted by Gasteiger charge is 2.22. The molecule has 0 bridgehead atoms. The van der Waals surface area contributed by atoms with E-state index in [1.54, 1.807) is 6.33 Å². The number of aromatic nitrogens is 6. The first-order chi connectivity index (χ1) is 18.6. The lowest BCUT2D eigenvalue weighted by molar-refractivity contribution is -0.128. The van der Waals surface area contributed by atoms with Crippen LogP contribution in [0.3, 0.4) is 0 Å². The van der Waals surface area contributed by atoms with E-state index in [1.807, 2.05) is 50.2 Å². The van der Waals surface area contributed by atoms with Crippen molar-refractivity contribution >= 4 is 51.7 Å². The largest absolute Gasteiger partial charge is 0.368 e. The molecular weight excluding hydrogens is 484 g/mol. The molecule has 2 aliphatic heterocycles. The minimum atomic E-state index is 0.201. The van der Waals surface area contributed by atoms with Crippen molar-refractivity contribution in [2.45, 2.75) is 38.6 Å². The molecule has 6 rings (SSSR count). The smallest absolute Gasteiger partial charge is 0.233 e. The zero-order valence-corrected chi connectivity index (χ0v) is 21.6. The van der Waals surface area contributed by atoms with E-state index < -0.39 is 0 Å². The summed E-state index contributed by atoms with van der Waals surface area (Å²) in [5.41, 5.74) is 3.25. The molecule has 198 valence electrons. The summed E-state index contributed by atoms with van der Waals surface area (Å²) >= 11 is 0. The van der Waals surface area contributed by atoms with Gasteiger partial charge in [0.15, 0.2) is 17.0 Å². The van der Waals surface area contributed by atoms with Crippen molar-refractivity contribution in [1.82, 2.24) is 38.9 Å². The third-order valence-electron chi connectivity index (χ3n) is 7.33. The number of aryl methyl sites for hydroxylation is 1. The van der Waals surface area contributed by atoms with Gasteiger partial charge in [0.2, 0.25) is 23.7 Å².